The fourth-order valence-corrected chi connectivity index (χ4v) is 1.58. The molecule has 1 aliphatic carbocycles. The fraction of sp³-hybridized carbons (Fsp3) is 0.182. The van der Waals surface area contributed by atoms with Crippen LogP contribution in [0.25, 0.3) is 0 Å². The molecule has 0 spiro atoms. The quantitative estimate of drug-likeness (QED) is 0.635. The summed E-state index contributed by atoms with van der Waals surface area (Å²) in [5.74, 6) is -1.48. The molecule has 0 saturated heterocycles. The molecule has 0 atom stereocenters. The van der Waals surface area contributed by atoms with E-state index >= 15 is 0 Å². The van der Waals surface area contributed by atoms with Crippen LogP contribution in [0.4, 0.5) is 0 Å². The van der Waals surface area contributed by atoms with Crippen LogP contribution >= 0.6 is 0 Å². The Labute approximate surface area is 91.7 Å². The maximum absolute atomic E-state index is 11.3. The molecule has 0 N–H and O–H groups in total. The van der Waals surface area contributed by atoms with Gasteiger partial charge in [-0.2, -0.15) is 21.0 Å². The third-order valence-electron chi connectivity index (χ3n) is 2.24. The number of ketones is 1. The molecule has 16 heavy (non-hydrogen) atoms. The summed E-state index contributed by atoms with van der Waals surface area (Å²) in [5, 5.41) is 35.3. The highest BCUT2D eigenvalue weighted by molar-refractivity contribution is 5.91. The molecule has 1 rings (SSSR count). The summed E-state index contributed by atoms with van der Waals surface area (Å²) in [6.45, 7) is 1.22. The Morgan fingerprint density at radius 3 is 1.50 bits per heavy atom. The van der Waals surface area contributed by atoms with Gasteiger partial charge in [0.05, 0.1) is 40.3 Å². The molecular formula is C11H4N4O. The number of hydrogen-bond acceptors (Lipinski definition) is 5. The van der Waals surface area contributed by atoms with Gasteiger partial charge in [0.1, 0.15) is 17.9 Å². The largest absolute Gasteiger partial charge is 0.299 e. The molecule has 0 bridgehead atoms. The zero-order valence-electron chi connectivity index (χ0n) is 8.27. The summed E-state index contributed by atoms with van der Waals surface area (Å²) in [4.78, 5) is 11.3. The maximum Gasteiger partial charge on any atom is 0.143 e. The third-order valence-corrected chi connectivity index (χ3v) is 2.24. The van der Waals surface area contributed by atoms with E-state index in [1.54, 1.807) is 24.3 Å². The van der Waals surface area contributed by atoms with E-state index in [4.69, 9.17) is 21.0 Å². The molecule has 0 heterocycles. The lowest BCUT2D eigenvalue weighted by Gasteiger charge is -2.04. The van der Waals surface area contributed by atoms with Gasteiger partial charge >= 0.3 is 0 Å². The van der Waals surface area contributed by atoms with Crippen LogP contribution < -0.4 is 0 Å². The number of nitriles is 4. The first-order valence-electron chi connectivity index (χ1n) is 4.21. The molecular weight excluding hydrogens is 204 g/mol. The third kappa shape index (κ3) is 1.34. The lowest BCUT2D eigenvalue weighted by atomic mass is 9.92. The van der Waals surface area contributed by atoms with Crippen molar-refractivity contribution in [3.63, 3.8) is 0 Å². The molecule has 0 radical (unpaired) electrons. The lowest BCUT2D eigenvalue weighted by molar-refractivity contribution is -0.118. The van der Waals surface area contributed by atoms with Crippen LogP contribution in [-0.4, -0.2) is 5.78 Å². The Hall–Kier alpha value is -2.89. The molecule has 0 aromatic rings. The molecule has 0 aromatic heterocycles. The molecule has 5 nitrogen and oxygen atoms in total. The van der Waals surface area contributed by atoms with Gasteiger partial charge in [-0.25, -0.2) is 0 Å². The van der Waals surface area contributed by atoms with Crippen LogP contribution in [0.5, 0.6) is 0 Å². The Morgan fingerprint density at radius 1 is 0.938 bits per heavy atom. The maximum atomic E-state index is 11.3. The standard InChI is InChI=1S/C11H4N4O/c1-6(16)11-9(4-14)7(2-12)8(3-13)10(11)5-15/h11H,1H3. The highest BCUT2D eigenvalue weighted by Crippen LogP contribution is 2.36. The lowest BCUT2D eigenvalue weighted by Crippen LogP contribution is -2.12. The van der Waals surface area contributed by atoms with Crippen LogP contribution in [-0.2, 0) is 4.79 Å². The average molecular weight is 208 g/mol. The summed E-state index contributed by atoms with van der Waals surface area (Å²) in [6.07, 6.45) is 0. The van der Waals surface area contributed by atoms with E-state index in [0.717, 1.165) is 0 Å². The van der Waals surface area contributed by atoms with E-state index in [1.165, 1.54) is 6.92 Å². The molecule has 1 aliphatic rings. The number of allylic oxidation sites excluding steroid dienone is 4. The Kier molecular flexibility index (Phi) is 2.86. The topological polar surface area (TPSA) is 112 Å². The van der Waals surface area contributed by atoms with E-state index in [1.807, 2.05) is 0 Å². The van der Waals surface area contributed by atoms with Crippen molar-refractivity contribution in [2.45, 2.75) is 6.92 Å². The minimum absolute atomic E-state index is 0.108. The molecule has 0 aromatic carbocycles. The van der Waals surface area contributed by atoms with Crippen molar-refractivity contribution in [3.8, 4) is 24.3 Å². The van der Waals surface area contributed by atoms with Crippen LogP contribution in [0, 0.1) is 51.2 Å². The first kappa shape index (κ1) is 11.2. The minimum Gasteiger partial charge on any atom is -0.299 e. The summed E-state index contributed by atoms with van der Waals surface area (Å²) in [7, 11) is 0. The van der Waals surface area contributed by atoms with Crippen molar-refractivity contribution in [3.05, 3.63) is 22.3 Å². The second kappa shape index (κ2) is 4.09. The highest BCUT2D eigenvalue weighted by Gasteiger charge is 2.37. The van der Waals surface area contributed by atoms with E-state index in [2.05, 4.69) is 0 Å². The van der Waals surface area contributed by atoms with E-state index in [-0.39, 0.29) is 22.3 Å². The number of rotatable bonds is 1. The molecule has 0 unspecified atom stereocenters. The molecule has 0 aliphatic heterocycles. The van der Waals surface area contributed by atoms with Gasteiger partial charge in [0, 0.05) is 0 Å². The number of hydrogen-bond donors (Lipinski definition) is 0. The van der Waals surface area contributed by atoms with Crippen molar-refractivity contribution in [2.75, 3.05) is 0 Å². The van der Waals surface area contributed by atoms with Crippen molar-refractivity contribution < 1.29 is 4.79 Å². The van der Waals surface area contributed by atoms with Gasteiger partial charge in [0.2, 0.25) is 0 Å². The number of carbonyl (C=O) groups excluding carboxylic acids is 1. The van der Waals surface area contributed by atoms with Crippen molar-refractivity contribution >= 4 is 5.78 Å². The van der Waals surface area contributed by atoms with Gasteiger partial charge < -0.3 is 0 Å². The summed E-state index contributed by atoms with van der Waals surface area (Å²) >= 11 is 0. The first-order chi connectivity index (χ1) is 7.62. The van der Waals surface area contributed by atoms with Gasteiger partial charge in [-0.1, -0.05) is 0 Å². The van der Waals surface area contributed by atoms with Crippen LogP contribution in [0.3, 0.4) is 0 Å². The van der Waals surface area contributed by atoms with Crippen LogP contribution in [0.1, 0.15) is 6.92 Å². The minimum atomic E-state index is -1.06. The van der Waals surface area contributed by atoms with Gasteiger partial charge in [0.25, 0.3) is 0 Å². The van der Waals surface area contributed by atoms with Crippen molar-refractivity contribution in [1.82, 2.24) is 0 Å². The molecule has 0 saturated carbocycles. The zero-order chi connectivity index (χ0) is 12.3. The smallest absolute Gasteiger partial charge is 0.143 e. The van der Waals surface area contributed by atoms with Crippen molar-refractivity contribution in [1.29, 1.82) is 21.0 Å². The SMILES string of the molecule is CC(=O)C1C(C#N)=C(C#N)C(C#N)=C1C#N. The van der Waals surface area contributed by atoms with E-state index < -0.39 is 11.7 Å². The zero-order valence-corrected chi connectivity index (χ0v) is 8.27. The van der Waals surface area contributed by atoms with Gasteiger partial charge in [0.15, 0.2) is 0 Å². The molecule has 0 amide bonds. The Balaban J connectivity index is 3.63. The van der Waals surface area contributed by atoms with Gasteiger partial charge in [-0.05, 0) is 6.92 Å². The normalized spacial score (nSPS) is 15.1. The fourth-order valence-electron chi connectivity index (χ4n) is 1.58. The van der Waals surface area contributed by atoms with Gasteiger partial charge in [-0.15, -0.1) is 0 Å². The monoisotopic (exact) mass is 208 g/mol. The van der Waals surface area contributed by atoms with Crippen LogP contribution in [0.2, 0.25) is 0 Å². The Morgan fingerprint density at radius 2 is 1.31 bits per heavy atom. The second-order valence-electron chi connectivity index (χ2n) is 3.07. The molecule has 0 fully saturated rings. The average Bonchev–Trinajstić information content (AvgIpc) is 2.60. The summed E-state index contributed by atoms with van der Waals surface area (Å²) < 4.78 is 0. The molecule has 74 valence electrons. The Bertz CT molecular complexity index is 548. The molecule has 5 heteroatoms. The summed E-state index contributed by atoms with van der Waals surface area (Å²) in [6, 6.07) is 6.81. The van der Waals surface area contributed by atoms with Crippen molar-refractivity contribution in [2.24, 2.45) is 5.92 Å². The highest BCUT2D eigenvalue weighted by atomic mass is 16.1. The van der Waals surface area contributed by atoms with Gasteiger partial charge in [-0.3, -0.25) is 4.79 Å². The second-order valence-corrected chi connectivity index (χ2v) is 3.07. The number of nitrogens with zero attached hydrogens (tertiary/aromatic N) is 4. The van der Waals surface area contributed by atoms with Crippen LogP contribution in [0.15, 0.2) is 22.3 Å². The summed E-state index contributed by atoms with van der Waals surface area (Å²) in [5.41, 5.74) is -0.547. The first-order valence-corrected chi connectivity index (χ1v) is 4.21. The van der Waals surface area contributed by atoms with E-state index in [0.29, 0.717) is 0 Å². The number of carbonyl (C=O) groups is 1. The number of Topliss-reactive ketones (excluding diaryl/α,β-unsaturated/α-hetero) is 1. The predicted molar refractivity (Wildman–Crippen MR) is 50.7 cm³/mol. The van der Waals surface area contributed by atoms with E-state index in [9.17, 15) is 4.79 Å². The predicted octanol–water partition coefficient (Wildman–Crippen LogP) is 0.893.